The molecule has 1 atom stereocenters. The van der Waals surface area contributed by atoms with Gasteiger partial charge in [-0.3, -0.25) is 14.6 Å². The molecule has 10 rings (SSSR count). The van der Waals surface area contributed by atoms with Crippen molar-refractivity contribution in [2.24, 2.45) is 0 Å². The van der Waals surface area contributed by atoms with Gasteiger partial charge < -0.3 is 24.2 Å². The summed E-state index contributed by atoms with van der Waals surface area (Å²) in [4.78, 5) is 51.8. The zero-order valence-corrected chi connectivity index (χ0v) is 38.2. The molecule has 7 aromatic rings. The van der Waals surface area contributed by atoms with Crippen molar-refractivity contribution in [3.8, 4) is 50.3 Å². The van der Waals surface area contributed by atoms with Crippen LogP contribution in [0, 0.1) is 12.7 Å². The van der Waals surface area contributed by atoms with Crippen molar-refractivity contribution in [3.05, 3.63) is 136 Å². The first kappa shape index (κ1) is 44.7. The number of aromatic nitrogens is 4. The fraction of sp³-hybridized carbons (Fsp3) is 0.280. The number of piperazine rings is 1. The Morgan fingerprint density at radius 2 is 1.68 bits per heavy atom. The summed E-state index contributed by atoms with van der Waals surface area (Å²) in [5, 5.41) is 12.0. The maximum Gasteiger partial charge on any atom is 0.345 e. The number of carboxylic acid groups (broad SMARTS) is 1. The van der Waals surface area contributed by atoms with Gasteiger partial charge in [0.05, 0.1) is 23.8 Å². The lowest BCUT2D eigenvalue weighted by atomic mass is 9.94. The van der Waals surface area contributed by atoms with E-state index in [1.54, 1.807) is 38.4 Å². The molecule has 0 aliphatic carbocycles. The van der Waals surface area contributed by atoms with Crippen molar-refractivity contribution >= 4 is 45.0 Å². The van der Waals surface area contributed by atoms with Crippen LogP contribution in [0.1, 0.15) is 34.9 Å². The number of methoxy groups -OCH3 is 1. The van der Waals surface area contributed by atoms with Crippen LogP contribution in [0.5, 0.6) is 17.4 Å². The third-order valence-corrected chi connectivity index (χ3v) is 13.8. The Hall–Kier alpha value is -6.52. The van der Waals surface area contributed by atoms with Crippen molar-refractivity contribution in [1.82, 2.24) is 34.6 Å². The van der Waals surface area contributed by atoms with E-state index in [-0.39, 0.29) is 30.6 Å². The van der Waals surface area contributed by atoms with E-state index in [1.807, 2.05) is 66.4 Å². The second-order valence-electron chi connectivity index (χ2n) is 16.4. The molecule has 0 unspecified atom stereocenters. The van der Waals surface area contributed by atoms with E-state index in [4.69, 9.17) is 30.8 Å². The molecule has 13 nitrogen and oxygen atoms in total. The Bertz CT molecular complexity index is 2930. The standard InChI is InChI=1S/C50H47ClFN7O6S/c1-30-38-14-11-34(45(30)51)27-58(19-18-57-20-22-59(23-21-57)31(2)60)26-32-8-15-40(64-28-37-16-17-53-47(56-37)39-6-4-5-7-41(39)63-3)35(24-32)25-42(50(61)62)65-48-44-43(38)46(66-49(44)55-29-54-48)33-9-12-36(52)13-10-33/h4-17,24,29,42H,18-23,25-28H2,1-3H3,(H,61,62)/t42-/m1/s1. The zero-order valence-electron chi connectivity index (χ0n) is 36.7. The number of thiophene rings is 1. The summed E-state index contributed by atoms with van der Waals surface area (Å²) < 4.78 is 32.8. The molecule has 3 aromatic heterocycles. The number of halogens is 2. The molecule has 16 heteroatoms. The number of aliphatic carboxylic acids is 1. The van der Waals surface area contributed by atoms with Crippen LogP contribution in [-0.2, 0) is 35.7 Å². The third-order valence-electron chi connectivity index (χ3n) is 12.1. The number of hydrogen-bond acceptors (Lipinski definition) is 12. The quantitative estimate of drug-likeness (QED) is 0.140. The average Bonchev–Trinajstić information content (AvgIpc) is 3.72. The van der Waals surface area contributed by atoms with Crippen LogP contribution in [0.3, 0.4) is 0 Å². The van der Waals surface area contributed by atoms with E-state index in [0.717, 1.165) is 57.9 Å². The van der Waals surface area contributed by atoms with Crippen molar-refractivity contribution in [1.29, 1.82) is 0 Å². The van der Waals surface area contributed by atoms with Crippen LogP contribution in [0.25, 0.3) is 43.2 Å². The molecule has 1 fully saturated rings. The highest BCUT2D eigenvalue weighted by Crippen LogP contribution is 2.49. The largest absolute Gasteiger partial charge is 0.496 e. The molecule has 66 heavy (non-hydrogen) atoms. The number of ether oxygens (including phenoxy) is 3. The number of nitrogens with zero attached hydrogens (tertiary/aromatic N) is 7. The van der Waals surface area contributed by atoms with Gasteiger partial charge in [-0.1, -0.05) is 60.1 Å². The predicted molar refractivity (Wildman–Crippen MR) is 251 cm³/mol. The molecule has 4 bridgehead atoms. The predicted octanol–water partition coefficient (Wildman–Crippen LogP) is 8.73. The highest BCUT2D eigenvalue weighted by molar-refractivity contribution is 7.22. The Morgan fingerprint density at radius 3 is 2.45 bits per heavy atom. The van der Waals surface area contributed by atoms with E-state index in [9.17, 15) is 19.1 Å². The number of fused-ring (bicyclic) bond motifs is 6. The molecular formula is C50H47ClFN7O6S. The summed E-state index contributed by atoms with van der Waals surface area (Å²) in [5.41, 5.74) is 6.91. The number of carbonyl (C=O) groups is 2. The van der Waals surface area contributed by atoms with Gasteiger partial charge in [-0.05, 0) is 76.7 Å². The fourth-order valence-electron chi connectivity index (χ4n) is 8.61. The second kappa shape index (κ2) is 19.5. The molecule has 3 aliphatic rings. The first-order chi connectivity index (χ1) is 32.0. The highest BCUT2D eigenvalue weighted by atomic mass is 35.5. The maximum absolute atomic E-state index is 14.3. The van der Waals surface area contributed by atoms with E-state index < -0.39 is 12.1 Å². The van der Waals surface area contributed by atoms with Crippen molar-refractivity contribution in [2.45, 2.75) is 46.1 Å². The molecule has 4 aromatic carbocycles. The lowest BCUT2D eigenvalue weighted by Gasteiger charge is -2.35. The van der Waals surface area contributed by atoms with E-state index >= 15 is 0 Å². The van der Waals surface area contributed by atoms with Gasteiger partial charge in [0.2, 0.25) is 17.9 Å². The van der Waals surface area contributed by atoms with Gasteiger partial charge in [-0.25, -0.2) is 29.1 Å². The minimum Gasteiger partial charge on any atom is -0.496 e. The Labute approximate surface area is 390 Å². The van der Waals surface area contributed by atoms with Crippen LogP contribution < -0.4 is 14.2 Å². The molecule has 1 N–H and O–H groups in total. The van der Waals surface area contributed by atoms with Gasteiger partial charge in [0, 0.05) is 87.4 Å². The lowest BCUT2D eigenvalue weighted by molar-refractivity contribution is -0.145. The SMILES string of the molecule is COc1ccccc1-c1nccc(COc2ccc3cc2C[C@H](C(=O)O)Oc2ncnc4sc(-c5ccc(F)cc5)c(c24)-c2ccc(c(Cl)c2C)CN(CCN2CCN(C(C)=O)CC2)C3)n1. The van der Waals surface area contributed by atoms with E-state index in [2.05, 4.69) is 24.8 Å². The molecule has 338 valence electrons. The summed E-state index contributed by atoms with van der Waals surface area (Å²) in [6, 6.07) is 25.4. The molecule has 1 amide bonds. The fourth-order valence-corrected chi connectivity index (χ4v) is 9.98. The Balaban J connectivity index is 1.13. The normalized spacial score (nSPS) is 15.7. The third kappa shape index (κ3) is 9.56. The van der Waals surface area contributed by atoms with E-state index in [0.29, 0.717) is 82.1 Å². The van der Waals surface area contributed by atoms with Crippen LogP contribution in [-0.4, -0.2) is 104 Å². The molecule has 0 spiro atoms. The molecule has 0 radical (unpaired) electrons. The van der Waals surface area contributed by atoms with Crippen LogP contribution >= 0.6 is 22.9 Å². The molecule has 3 aliphatic heterocycles. The molecule has 0 saturated carbocycles. The van der Waals surface area contributed by atoms with Gasteiger partial charge in [0.25, 0.3) is 0 Å². The van der Waals surface area contributed by atoms with Crippen molar-refractivity contribution in [3.63, 3.8) is 0 Å². The topological polar surface area (TPSA) is 143 Å². The first-order valence-electron chi connectivity index (χ1n) is 21.6. The number of amides is 1. The second-order valence-corrected chi connectivity index (χ2v) is 17.8. The Kier molecular flexibility index (Phi) is 13.2. The maximum atomic E-state index is 14.3. The van der Waals surface area contributed by atoms with Crippen molar-refractivity contribution < 1.29 is 33.3 Å². The summed E-state index contributed by atoms with van der Waals surface area (Å²) >= 11 is 8.76. The summed E-state index contributed by atoms with van der Waals surface area (Å²) in [7, 11) is 1.60. The van der Waals surface area contributed by atoms with Crippen molar-refractivity contribution in [2.75, 3.05) is 46.4 Å². The number of hydrogen-bond donors (Lipinski definition) is 1. The number of carboxylic acids is 1. The summed E-state index contributed by atoms with van der Waals surface area (Å²) in [5.74, 6) is 0.207. The van der Waals surface area contributed by atoms with Gasteiger partial charge in [0.15, 0.2) is 5.82 Å². The molecule has 6 heterocycles. The monoisotopic (exact) mass is 927 g/mol. The number of benzene rings is 4. The Morgan fingerprint density at radius 1 is 0.894 bits per heavy atom. The lowest BCUT2D eigenvalue weighted by Crippen LogP contribution is -2.49. The number of carbonyl (C=O) groups excluding carboxylic acids is 1. The summed E-state index contributed by atoms with van der Waals surface area (Å²) in [6.45, 7) is 9.06. The smallest absolute Gasteiger partial charge is 0.345 e. The van der Waals surface area contributed by atoms with Gasteiger partial charge in [-0.15, -0.1) is 11.3 Å². The minimum atomic E-state index is -1.40. The number of para-hydroxylation sites is 1. The molecule has 1 saturated heterocycles. The highest BCUT2D eigenvalue weighted by Gasteiger charge is 2.29. The van der Waals surface area contributed by atoms with Crippen LogP contribution in [0.2, 0.25) is 5.02 Å². The van der Waals surface area contributed by atoms with Gasteiger partial charge in [-0.2, -0.15) is 0 Å². The van der Waals surface area contributed by atoms with Gasteiger partial charge in [0.1, 0.15) is 35.1 Å². The average molecular weight is 928 g/mol. The van der Waals surface area contributed by atoms with Crippen LogP contribution in [0.4, 0.5) is 4.39 Å². The zero-order chi connectivity index (χ0) is 45.9. The van der Waals surface area contributed by atoms with E-state index in [1.165, 1.54) is 29.8 Å². The first-order valence-corrected chi connectivity index (χ1v) is 22.8. The minimum absolute atomic E-state index is 0.0659. The van der Waals surface area contributed by atoms with Crippen LogP contribution in [0.15, 0.2) is 97.5 Å². The summed E-state index contributed by atoms with van der Waals surface area (Å²) in [6.07, 6.45) is 1.57. The number of rotatable bonds is 10. The van der Waals surface area contributed by atoms with Gasteiger partial charge >= 0.3 is 5.97 Å². The molecular weight excluding hydrogens is 881 g/mol.